The van der Waals surface area contributed by atoms with Crippen molar-refractivity contribution >= 4 is 22.4 Å². The van der Waals surface area contributed by atoms with Crippen LogP contribution in [0.15, 0.2) is 84.9 Å². The summed E-state index contributed by atoms with van der Waals surface area (Å²) in [5.74, 6) is 1.06. The van der Waals surface area contributed by atoms with Gasteiger partial charge in [0.1, 0.15) is 23.9 Å². The van der Waals surface area contributed by atoms with Crippen molar-refractivity contribution in [1.29, 1.82) is 5.26 Å². The number of hydrogen-bond acceptors (Lipinski definition) is 3. The van der Waals surface area contributed by atoms with E-state index in [2.05, 4.69) is 6.07 Å². The van der Waals surface area contributed by atoms with E-state index in [1.165, 1.54) is 12.1 Å². The normalized spacial score (nSPS) is 11.2. The molecule has 0 aromatic heterocycles. The first kappa shape index (κ1) is 20.2. The van der Waals surface area contributed by atoms with Crippen molar-refractivity contribution < 1.29 is 13.9 Å². The van der Waals surface area contributed by atoms with Crippen molar-refractivity contribution in [2.75, 3.05) is 7.11 Å². The van der Waals surface area contributed by atoms with Crippen LogP contribution in [0.1, 0.15) is 16.7 Å². The summed E-state index contributed by atoms with van der Waals surface area (Å²) in [5.41, 5.74) is 2.84. The monoisotopic (exact) mass is 409 g/mol. The molecule has 0 atom stereocenters. The molecule has 0 spiro atoms. The molecule has 0 aliphatic carbocycles. The molecule has 31 heavy (non-hydrogen) atoms. The second-order valence-corrected chi connectivity index (χ2v) is 7.02. The maximum absolute atomic E-state index is 13.5. The molecule has 0 aliphatic rings. The summed E-state index contributed by atoms with van der Waals surface area (Å²) in [6.07, 6.45) is 1.84. The molecule has 0 heterocycles. The fraction of sp³-hybridized carbons (Fsp3) is 0.0741. The lowest BCUT2D eigenvalue weighted by Gasteiger charge is -2.13. The van der Waals surface area contributed by atoms with Gasteiger partial charge in [-0.25, -0.2) is 4.39 Å². The zero-order valence-corrected chi connectivity index (χ0v) is 17.0. The molecular weight excluding hydrogens is 389 g/mol. The van der Waals surface area contributed by atoms with Crippen LogP contribution >= 0.6 is 0 Å². The summed E-state index contributed by atoms with van der Waals surface area (Å²) in [6.45, 7) is 0.224. The highest BCUT2D eigenvalue weighted by Gasteiger charge is 2.11. The quantitative estimate of drug-likeness (QED) is 0.265. The van der Waals surface area contributed by atoms with Crippen molar-refractivity contribution in [2.45, 2.75) is 6.61 Å². The van der Waals surface area contributed by atoms with E-state index in [0.717, 1.165) is 33.2 Å². The van der Waals surface area contributed by atoms with Gasteiger partial charge in [0.05, 0.1) is 18.8 Å². The number of fused-ring (bicyclic) bond motifs is 1. The zero-order valence-electron chi connectivity index (χ0n) is 17.0. The van der Waals surface area contributed by atoms with Gasteiger partial charge in [0.15, 0.2) is 0 Å². The summed E-state index contributed by atoms with van der Waals surface area (Å²) in [5, 5.41) is 11.8. The maximum Gasteiger partial charge on any atom is 0.127 e. The van der Waals surface area contributed by atoms with Crippen molar-refractivity contribution in [2.24, 2.45) is 0 Å². The average molecular weight is 409 g/mol. The highest BCUT2D eigenvalue weighted by molar-refractivity contribution is 6.00. The molecule has 0 bridgehead atoms. The Morgan fingerprint density at radius 2 is 1.77 bits per heavy atom. The van der Waals surface area contributed by atoms with Gasteiger partial charge in [0.25, 0.3) is 0 Å². The van der Waals surface area contributed by atoms with E-state index < -0.39 is 0 Å². The lowest BCUT2D eigenvalue weighted by Crippen LogP contribution is -1.98. The van der Waals surface area contributed by atoms with Crippen molar-refractivity contribution in [3.8, 4) is 17.6 Å². The Hall–Kier alpha value is -4.10. The van der Waals surface area contributed by atoms with Gasteiger partial charge in [0, 0.05) is 5.56 Å². The van der Waals surface area contributed by atoms with Gasteiger partial charge in [-0.05, 0) is 70.4 Å². The molecule has 0 unspecified atom stereocenters. The molecule has 4 aromatic rings. The minimum Gasteiger partial charge on any atom is -0.497 e. The minimum absolute atomic E-state index is 0.224. The molecule has 0 saturated heterocycles. The van der Waals surface area contributed by atoms with Crippen LogP contribution < -0.4 is 9.47 Å². The van der Waals surface area contributed by atoms with Crippen LogP contribution in [0.25, 0.3) is 22.4 Å². The number of nitriles is 1. The number of halogens is 1. The first-order valence-corrected chi connectivity index (χ1v) is 9.83. The summed E-state index contributed by atoms with van der Waals surface area (Å²) in [7, 11) is 1.61. The third kappa shape index (κ3) is 4.57. The van der Waals surface area contributed by atoms with Gasteiger partial charge in [-0.15, -0.1) is 0 Å². The van der Waals surface area contributed by atoms with E-state index in [9.17, 15) is 9.65 Å². The summed E-state index contributed by atoms with van der Waals surface area (Å²) in [6, 6.07) is 27.8. The van der Waals surface area contributed by atoms with Crippen LogP contribution in [0.4, 0.5) is 4.39 Å². The summed E-state index contributed by atoms with van der Waals surface area (Å²) < 4.78 is 24.8. The van der Waals surface area contributed by atoms with Gasteiger partial charge in [0.2, 0.25) is 0 Å². The number of allylic oxidation sites excluding steroid dienone is 1. The Balaban J connectivity index is 1.77. The largest absolute Gasteiger partial charge is 0.497 e. The predicted octanol–water partition coefficient (Wildman–Crippen LogP) is 6.63. The number of ether oxygens (including phenoxy) is 2. The molecule has 4 aromatic carbocycles. The molecule has 0 amide bonds. The standard InChI is InChI=1S/C27H20FNO2/c1-30-24-12-9-20(10-13-24)22(17-29)16-26-25-8-3-2-6-21(25)11-14-27(26)31-18-19-5-4-7-23(28)15-19/h2-16H,18H2,1H3/b22-16+. The lowest BCUT2D eigenvalue weighted by atomic mass is 9.98. The SMILES string of the molecule is COc1ccc(/C(C#N)=C/c2c(OCc3cccc(F)c3)ccc3ccccc23)cc1. The van der Waals surface area contributed by atoms with Gasteiger partial charge >= 0.3 is 0 Å². The highest BCUT2D eigenvalue weighted by Crippen LogP contribution is 2.33. The highest BCUT2D eigenvalue weighted by atomic mass is 19.1. The second-order valence-electron chi connectivity index (χ2n) is 7.02. The Kier molecular flexibility index (Phi) is 5.96. The van der Waals surface area contributed by atoms with Crippen LogP contribution in [0, 0.1) is 17.1 Å². The molecule has 3 nitrogen and oxygen atoms in total. The maximum atomic E-state index is 13.5. The minimum atomic E-state index is -0.300. The van der Waals surface area contributed by atoms with E-state index in [1.54, 1.807) is 13.2 Å². The molecule has 0 saturated carbocycles. The van der Waals surface area contributed by atoms with Crippen LogP contribution in [-0.2, 0) is 6.61 Å². The number of benzene rings is 4. The topological polar surface area (TPSA) is 42.2 Å². The van der Waals surface area contributed by atoms with Gasteiger partial charge in [-0.3, -0.25) is 0 Å². The molecule has 0 radical (unpaired) electrons. The molecular formula is C27H20FNO2. The molecule has 152 valence electrons. The van der Waals surface area contributed by atoms with Crippen LogP contribution in [-0.4, -0.2) is 7.11 Å². The van der Waals surface area contributed by atoms with Gasteiger partial charge in [-0.1, -0.05) is 42.5 Å². The molecule has 4 rings (SSSR count). The molecule has 4 heteroatoms. The van der Waals surface area contributed by atoms with Crippen LogP contribution in [0.5, 0.6) is 11.5 Å². The predicted molar refractivity (Wildman–Crippen MR) is 121 cm³/mol. The van der Waals surface area contributed by atoms with E-state index in [-0.39, 0.29) is 12.4 Å². The summed E-state index contributed by atoms with van der Waals surface area (Å²) >= 11 is 0. The second kappa shape index (κ2) is 9.15. The van der Waals surface area contributed by atoms with Crippen LogP contribution in [0.2, 0.25) is 0 Å². The Labute approximate surface area is 180 Å². The van der Waals surface area contributed by atoms with E-state index >= 15 is 0 Å². The number of hydrogen-bond donors (Lipinski definition) is 0. The first-order valence-electron chi connectivity index (χ1n) is 9.83. The molecule has 0 aliphatic heterocycles. The Bertz CT molecular complexity index is 1290. The smallest absolute Gasteiger partial charge is 0.127 e. The van der Waals surface area contributed by atoms with E-state index in [0.29, 0.717) is 11.3 Å². The van der Waals surface area contributed by atoms with Crippen molar-refractivity contribution in [3.05, 3.63) is 107 Å². The fourth-order valence-electron chi connectivity index (χ4n) is 3.43. The Morgan fingerprint density at radius 3 is 2.52 bits per heavy atom. The number of methoxy groups -OCH3 is 1. The number of rotatable bonds is 6. The van der Waals surface area contributed by atoms with Crippen molar-refractivity contribution in [1.82, 2.24) is 0 Å². The summed E-state index contributed by atoms with van der Waals surface area (Å²) in [4.78, 5) is 0. The fourth-order valence-corrected chi connectivity index (χ4v) is 3.43. The van der Waals surface area contributed by atoms with Crippen LogP contribution in [0.3, 0.4) is 0 Å². The lowest BCUT2D eigenvalue weighted by molar-refractivity contribution is 0.305. The third-order valence-corrected chi connectivity index (χ3v) is 5.02. The van der Waals surface area contributed by atoms with Gasteiger partial charge in [-0.2, -0.15) is 5.26 Å². The van der Waals surface area contributed by atoms with Crippen molar-refractivity contribution in [3.63, 3.8) is 0 Å². The molecule has 0 fully saturated rings. The third-order valence-electron chi connectivity index (χ3n) is 5.02. The average Bonchev–Trinajstić information content (AvgIpc) is 2.81. The zero-order chi connectivity index (χ0) is 21.6. The first-order chi connectivity index (χ1) is 15.2. The Morgan fingerprint density at radius 1 is 0.968 bits per heavy atom. The molecule has 0 N–H and O–H groups in total. The number of nitrogens with zero attached hydrogens (tertiary/aromatic N) is 1. The van der Waals surface area contributed by atoms with Gasteiger partial charge < -0.3 is 9.47 Å². The van der Waals surface area contributed by atoms with E-state index in [1.807, 2.05) is 72.8 Å². The van der Waals surface area contributed by atoms with E-state index in [4.69, 9.17) is 9.47 Å².